The summed E-state index contributed by atoms with van der Waals surface area (Å²) >= 11 is 7.05. The number of amides is 1. The maximum Gasteiger partial charge on any atom is 0.352 e. The molecule has 0 bridgehead atoms. The van der Waals surface area contributed by atoms with Gasteiger partial charge in [-0.25, -0.2) is 4.79 Å². The van der Waals surface area contributed by atoms with Gasteiger partial charge in [0.2, 0.25) is 0 Å². The lowest BCUT2D eigenvalue weighted by Gasteiger charge is -2.35. The third-order valence-electron chi connectivity index (χ3n) is 3.70. The monoisotopic (exact) mass is 376 g/mol. The molecular weight excluding hydrogens is 360 g/mol. The van der Waals surface area contributed by atoms with E-state index in [1.54, 1.807) is 31.2 Å². The highest BCUT2D eigenvalue weighted by Crippen LogP contribution is 2.44. The summed E-state index contributed by atoms with van der Waals surface area (Å²) in [6.07, 6.45) is 0. The van der Waals surface area contributed by atoms with Gasteiger partial charge in [-0.3, -0.25) is 4.79 Å². The SMILES string of the molecule is CCOC(=O)C1(Nc2ccc(Cl)cc2)Sc2cc(C)ccc2NC1=O. The number of thioether (sulfide) groups is 1. The Labute approximate surface area is 155 Å². The van der Waals surface area contributed by atoms with Crippen molar-refractivity contribution in [2.75, 3.05) is 17.2 Å². The second-order valence-corrected chi connectivity index (χ2v) is 7.28. The van der Waals surface area contributed by atoms with Gasteiger partial charge >= 0.3 is 5.97 Å². The highest BCUT2D eigenvalue weighted by Gasteiger charge is 2.52. The van der Waals surface area contributed by atoms with Crippen molar-refractivity contribution in [1.82, 2.24) is 0 Å². The number of hydrogen-bond donors (Lipinski definition) is 2. The molecule has 1 atom stereocenters. The maximum absolute atomic E-state index is 12.8. The molecule has 5 nitrogen and oxygen atoms in total. The van der Waals surface area contributed by atoms with Crippen LogP contribution in [0.5, 0.6) is 0 Å². The number of esters is 1. The molecule has 7 heteroatoms. The molecule has 25 heavy (non-hydrogen) atoms. The zero-order valence-corrected chi connectivity index (χ0v) is 15.3. The molecule has 0 aliphatic carbocycles. The molecule has 0 saturated carbocycles. The molecule has 0 spiro atoms. The fraction of sp³-hybridized carbons (Fsp3) is 0.222. The van der Waals surface area contributed by atoms with E-state index in [-0.39, 0.29) is 6.61 Å². The number of benzene rings is 2. The average Bonchev–Trinajstić information content (AvgIpc) is 2.58. The molecule has 1 amide bonds. The Morgan fingerprint density at radius 2 is 2.00 bits per heavy atom. The van der Waals surface area contributed by atoms with Gasteiger partial charge in [-0.05, 0) is 55.8 Å². The van der Waals surface area contributed by atoms with E-state index in [0.29, 0.717) is 16.4 Å². The number of hydrogen-bond acceptors (Lipinski definition) is 5. The summed E-state index contributed by atoms with van der Waals surface area (Å²) in [6.45, 7) is 3.84. The van der Waals surface area contributed by atoms with E-state index in [2.05, 4.69) is 10.6 Å². The summed E-state index contributed by atoms with van der Waals surface area (Å²) < 4.78 is 5.19. The first kappa shape index (κ1) is 17.6. The van der Waals surface area contributed by atoms with Gasteiger partial charge in [0.05, 0.1) is 12.3 Å². The Morgan fingerprint density at radius 1 is 1.28 bits per heavy atom. The number of rotatable bonds is 4. The van der Waals surface area contributed by atoms with Gasteiger partial charge in [0.15, 0.2) is 0 Å². The minimum atomic E-state index is -1.61. The van der Waals surface area contributed by atoms with Crippen LogP contribution in [0.3, 0.4) is 0 Å². The molecule has 130 valence electrons. The topological polar surface area (TPSA) is 67.4 Å². The first-order valence-corrected chi connectivity index (χ1v) is 8.96. The molecule has 1 unspecified atom stereocenters. The van der Waals surface area contributed by atoms with Gasteiger partial charge < -0.3 is 15.4 Å². The first-order valence-electron chi connectivity index (χ1n) is 7.76. The Morgan fingerprint density at radius 3 is 2.68 bits per heavy atom. The quantitative estimate of drug-likeness (QED) is 0.622. The van der Waals surface area contributed by atoms with Crippen LogP contribution in [0.1, 0.15) is 12.5 Å². The first-order chi connectivity index (χ1) is 11.9. The smallest absolute Gasteiger partial charge is 0.352 e. The summed E-state index contributed by atoms with van der Waals surface area (Å²) in [7, 11) is 0. The number of carbonyl (C=O) groups excluding carboxylic acids is 2. The van der Waals surface area contributed by atoms with E-state index in [1.807, 2.05) is 25.1 Å². The molecule has 2 aromatic rings. The van der Waals surface area contributed by atoms with Crippen LogP contribution >= 0.6 is 23.4 Å². The van der Waals surface area contributed by atoms with Crippen molar-refractivity contribution in [1.29, 1.82) is 0 Å². The lowest BCUT2D eigenvalue weighted by Crippen LogP contribution is -2.55. The minimum absolute atomic E-state index is 0.178. The summed E-state index contributed by atoms with van der Waals surface area (Å²) in [5.41, 5.74) is 2.31. The number of aryl methyl sites for hydroxylation is 1. The standard InChI is InChI=1S/C18H17ClN2O3S/c1-3-24-17(23)18(21-13-7-5-12(19)6-8-13)16(22)20-14-9-4-11(2)10-15(14)25-18/h4-10,21H,3H2,1-2H3,(H,20,22). The second-order valence-electron chi connectivity index (χ2n) is 5.59. The zero-order valence-electron chi connectivity index (χ0n) is 13.8. The molecule has 0 aromatic heterocycles. The van der Waals surface area contributed by atoms with Crippen molar-refractivity contribution < 1.29 is 14.3 Å². The van der Waals surface area contributed by atoms with E-state index in [1.165, 1.54) is 0 Å². The molecule has 3 rings (SSSR count). The van der Waals surface area contributed by atoms with E-state index in [9.17, 15) is 9.59 Å². The van der Waals surface area contributed by atoms with Crippen LogP contribution in [0, 0.1) is 6.92 Å². The molecular formula is C18H17ClN2O3S. The van der Waals surface area contributed by atoms with E-state index in [0.717, 1.165) is 22.2 Å². The van der Waals surface area contributed by atoms with Gasteiger partial charge in [-0.15, -0.1) is 0 Å². The predicted octanol–water partition coefficient (Wildman–Crippen LogP) is 4.06. The Balaban J connectivity index is 2.03. The fourth-order valence-electron chi connectivity index (χ4n) is 2.48. The molecule has 1 aliphatic rings. The zero-order chi connectivity index (χ0) is 18.0. The normalized spacial score (nSPS) is 18.9. The van der Waals surface area contributed by atoms with Crippen molar-refractivity contribution >= 4 is 46.6 Å². The van der Waals surface area contributed by atoms with Crippen LogP contribution in [-0.4, -0.2) is 23.4 Å². The molecule has 0 saturated heterocycles. The molecule has 2 aromatic carbocycles. The lowest BCUT2D eigenvalue weighted by atomic mass is 10.2. The largest absolute Gasteiger partial charge is 0.463 e. The molecule has 1 aliphatic heterocycles. The van der Waals surface area contributed by atoms with E-state index >= 15 is 0 Å². The highest BCUT2D eigenvalue weighted by molar-refractivity contribution is 8.02. The molecule has 0 radical (unpaired) electrons. The summed E-state index contributed by atoms with van der Waals surface area (Å²) in [6, 6.07) is 12.5. The van der Waals surface area contributed by atoms with E-state index in [4.69, 9.17) is 16.3 Å². The third-order valence-corrected chi connectivity index (χ3v) is 5.27. The van der Waals surface area contributed by atoms with Gasteiger partial charge in [0, 0.05) is 15.6 Å². The minimum Gasteiger partial charge on any atom is -0.463 e. The van der Waals surface area contributed by atoms with Gasteiger partial charge in [0.1, 0.15) is 0 Å². The third kappa shape index (κ3) is 3.45. The van der Waals surface area contributed by atoms with Crippen molar-refractivity contribution in [2.45, 2.75) is 23.6 Å². The number of fused-ring (bicyclic) bond motifs is 1. The number of nitrogens with one attached hydrogen (secondary N) is 2. The van der Waals surface area contributed by atoms with Crippen LogP contribution in [0.15, 0.2) is 47.4 Å². The van der Waals surface area contributed by atoms with Crippen LogP contribution in [-0.2, 0) is 14.3 Å². The van der Waals surface area contributed by atoms with Crippen LogP contribution in [0.2, 0.25) is 5.02 Å². The average molecular weight is 377 g/mol. The highest BCUT2D eigenvalue weighted by atomic mass is 35.5. The Kier molecular flexibility index (Phi) is 4.92. The van der Waals surface area contributed by atoms with Crippen LogP contribution in [0.4, 0.5) is 11.4 Å². The maximum atomic E-state index is 12.8. The van der Waals surface area contributed by atoms with Crippen LogP contribution in [0.25, 0.3) is 0 Å². The second kappa shape index (κ2) is 6.98. The molecule has 1 heterocycles. The lowest BCUT2D eigenvalue weighted by molar-refractivity contribution is -0.147. The Bertz CT molecular complexity index is 826. The number of ether oxygens (including phenoxy) is 1. The van der Waals surface area contributed by atoms with Crippen molar-refractivity contribution in [3.8, 4) is 0 Å². The Hall–Kier alpha value is -2.18. The molecule has 2 N–H and O–H groups in total. The molecule has 0 fully saturated rings. The summed E-state index contributed by atoms with van der Waals surface area (Å²) in [5, 5.41) is 6.40. The fourth-order valence-corrected chi connectivity index (χ4v) is 3.86. The van der Waals surface area contributed by atoms with Gasteiger partial charge in [-0.2, -0.15) is 0 Å². The van der Waals surface area contributed by atoms with Crippen molar-refractivity contribution in [3.05, 3.63) is 53.1 Å². The number of anilines is 2. The predicted molar refractivity (Wildman–Crippen MR) is 100 cm³/mol. The van der Waals surface area contributed by atoms with Gasteiger partial charge in [0.25, 0.3) is 10.8 Å². The number of carbonyl (C=O) groups is 2. The van der Waals surface area contributed by atoms with E-state index < -0.39 is 16.7 Å². The van der Waals surface area contributed by atoms with Crippen LogP contribution < -0.4 is 10.6 Å². The van der Waals surface area contributed by atoms with Gasteiger partial charge in [-0.1, -0.05) is 29.4 Å². The number of halogens is 1. The van der Waals surface area contributed by atoms with Crippen molar-refractivity contribution in [2.24, 2.45) is 0 Å². The summed E-state index contributed by atoms with van der Waals surface area (Å²) in [4.78, 5) is 24.7. The summed E-state index contributed by atoms with van der Waals surface area (Å²) in [5.74, 6) is -1.11. The van der Waals surface area contributed by atoms with Crippen molar-refractivity contribution in [3.63, 3.8) is 0 Å².